The van der Waals surface area contributed by atoms with Crippen molar-refractivity contribution in [2.75, 3.05) is 26.3 Å². The van der Waals surface area contributed by atoms with Gasteiger partial charge < -0.3 is 14.4 Å². The van der Waals surface area contributed by atoms with Gasteiger partial charge in [0, 0.05) is 18.7 Å². The summed E-state index contributed by atoms with van der Waals surface area (Å²) in [5.41, 5.74) is 1.19. The summed E-state index contributed by atoms with van der Waals surface area (Å²) in [7, 11) is 0. The van der Waals surface area contributed by atoms with E-state index in [1.807, 2.05) is 36.4 Å². The van der Waals surface area contributed by atoms with E-state index in [2.05, 4.69) is 0 Å². The molecule has 1 amide bonds. The molecular formula is C19H17ClN2O3. The third kappa shape index (κ3) is 4.11. The van der Waals surface area contributed by atoms with Crippen LogP contribution in [-0.2, 0) is 9.53 Å². The molecule has 1 heterocycles. The van der Waals surface area contributed by atoms with Gasteiger partial charge in [0.15, 0.2) is 0 Å². The fourth-order valence-corrected chi connectivity index (χ4v) is 2.86. The number of halogens is 1. The number of rotatable bonds is 4. The van der Waals surface area contributed by atoms with E-state index >= 15 is 0 Å². The van der Waals surface area contributed by atoms with E-state index in [0.29, 0.717) is 42.6 Å². The van der Waals surface area contributed by atoms with Gasteiger partial charge in [-0.05, 0) is 18.2 Å². The largest absolute Gasteiger partial charge is 0.474 e. The Hall–Kier alpha value is -2.55. The van der Waals surface area contributed by atoms with Crippen LogP contribution in [0.25, 0.3) is 0 Å². The van der Waals surface area contributed by atoms with Crippen molar-refractivity contribution in [2.45, 2.75) is 6.10 Å². The molecule has 0 aliphatic carbocycles. The minimum Gasteiger partial charge on any atom is -0.474 e. The van der Waals surface area contributed by atoms with Crippen LogP contribution < -0.4 is 4.74 Å². The second kappa shape index (κ2) is 8.02. The minimum absolute atomic E-state index is 0.130. The van der Waals surface area contributed by atoms with E-state index in [1.165, 1.54) is 6.07 Å². The molecule has 1 atom stereocenters. The first-order valence-electron chi connectivity index (χ1n) is 7.97. The third-order valence-corrected chi connectivity index (χ3v) is 4.25. The zero-order valence-corrected chi connectivity index (χ0v) is 14.3. The van der Waals surface area contributed by atoms with E-state index in [4.69, 9.17) is 26.3 Å². The van der Waals surface area contributed by atoms with Crippen LogP contribution in [0, 0.1) is 11.3 Å². The Morgan fingerprint density at radius 2 is 1.92 bits per heavy atom. The average Bonchev–Trinajstić information content (AvgIpc) is 2.68. The summed E-state index contributed by atoms with van der Waals surface area (Å²) in [5.74, 6) is 0.242. The number of benzene rings is 2. The summed E-state index contributed by atoms with van der Waals surface area (Å²) >= 11 is 6.21. The van der Waals surface area contributed by atoms with E-state index in [9.17, 15) is 4.79 Å². The van der Waals surface area contributed by atoms with Gasteiger partial charge in [-0.2, -0.15) is 5.26 Å². The molecule has 5 nitrogen and oxygen atoms in total. The zero-order valence-electron chi connectivity index (χ0n) is 13.5. The molecule has 128 valence electrons. The molecule has 1 aliphatic rings. The summed E-state index contributed by atoms with van der Waals surface area (Å²) in [6, 6.07) is 16.1. The van der Waals surface area contributed by atoms with Crippen LogP contribution in [0.4, 0.5) is 0 Å². The van der Waals surface area contributed by atoms with Crippen LogP contribution in [0.5, 0.6) is 5.75 Å². The number of amides is 1. The smallest absolute Gasteiger partial charge is 0.268 e. The highest BCUT2D eigenvalue weighted by atomic mass is 35.5. The van der Waals surface area contributed by atoms with Crippen molar-refractivity contribution >= 4 is 17.5 Å². The van der Waals surface area contributed by atoms with Crippen molar-refractivity contribution in [3.63, 3.8) is 0 Å². The van der Waals surface area contributed by atoms with E-state index in [0.717, 1.165) is 5.56 Å². The number of hydrogen-bond donors (Lipinski definition) is 0. The number of carbonyl (C=O) groups excluding carboxylic acids is 1. The second-order valence-electron chi connectivity index (χ2n) is 5.60. The Bertz CT molecular complexity index is 783. The SMILES string of the molecule is N#Cc1ccc(OC(C(=O)N2CCOCC2)c2ccccc2)c(Cl)c1. The molecule has 0 N–H and O–H groups in total. The Balaban J connectivity index is 1.89. The summed E-state index contributed by atoms with van der Waals surface area (Å²) in [6.45, 7) is 2.11. The van der Waals surface area contributed by atoms with Gasteiger partial charge in [0.2, 0.25) is 6.10 Å². The Morgan fingerprint density at radius 1 is 1.20 bits per heavy atom. The average molecular weight is 357 g/mol. The van der Waals surface area contributed by atoms with Gasteiger partial charge in [0.1, 0.15) is 5.75 Å². The predicted octanol–water partition coefficient (Wildman–Crippen LogP) is 3.19. The minimum atomic E-state index is -0.801. The molecular weight excluding hydrogens is 340 g/mol. The third-order valence-electron chi connectivity index (χ3n) is 3.96. The molecule has 2 aromatic carbocycles. The fourth-order valence-electron chi connectivity index (χ4n) is 2.63. The Labute approximate surface area is 151 Å². The van der Waals surface area contributed by atoms with Crippen LogP contribution in [0.1, 0.15) is 17.2 Å². The van der Waals surface area contributed by atoms with E-state index < -0.39 is 6.10 Å². The van der Waals surface area contributed by atoms with Crippen molar-refractivity contribution in [1.82, 2.24) is 4.90 Å². The summed E-state index contributed by atoms with van der Waals surface area (Å²) in [5, 5.41) is 9.25. The zero-order chi connectivity index (χ0) is 17.6. The number of nitrogens with zero attached hydrogens (tertiary/aromatic N) is 2. The lowest BCUT2D eigenvalue weighted by Gasteiger charge is -2.30. The normalized spacial score (nSPS) is 15.3. The number of ether oxygens (including phenoxy) is 2. The fraction of sp³-hybridized carbons (Fsp3) is 0.263. The van der Waals surface area contributed by atoms with Gasteiger partial charge in [-0.1, -0.05) is 41.9 Å². The second-order valence-corrected chi connectivity index (χ2v) is 6.01. The molecule has 0 bridgehead atoms. The monoisotopic (exact) mass is 356 g/mol. The molecule has 1 fully saturated rings. The van der Waals surface area contributed by atoms with E-state index in [-0.39, 0.29) is 5.91 Å². The number of hydrogen-bond acceptors (Lipinski definition) is 4. The topological polar surface area (TPSA) is 62.6 Å². The van der Waals surface area contributed by atoms with Crippen LogP contribution in [0.2, 0.25) is 5.02 Å². The van der Waals surface area contributed by atoms with E-state index in [1.54, 1.807) is 17.0 Å². The lowest BCUT2D eigenvalue weighted by Crippen LogP contribution is -2.44. The summed E-state index contributed by atoms with van der Waals surface area (Å²) in [6.07, 6.45) is -0.801. The van der Waals surface area contributed by atoms with Crippen molar-refractivity contribution in [3.8, 4) is 11.8 Å². The highest BCUT2D eigenvalue weighted by Crippen LogP contribution is 2.31. The molecule has 1 unspecified atom stereocenters. The first-order valence-corrected chi connectivity index (χ1v) is 8.34. The molecule has 3 rings (SSSR count). The Morgan fingerprint density at radius 3 is 2.56 bits per heavy atom. The Kier molecular flexibility index (Phi) is 5.54. The first kappa shape index (κ1) is 17.3. The van der Waals surface area contributed by atoms with Gasteiger partial charge in [-0.25, -0.2) is 0 Å². The van der Waals surface area contributed by atoms with Crippen molar-refractivity contribution in [3.05, 3.63) is 64.7 Å². The maximum absolute atomic E-state index is 13.0. The molecule has 0 aromatic heterocycles. The van der Waals surface area contributed by atoms with Gasteiger partial charge in [-0.15, -0.1) is 0 Å². The first-order chi connectivity index (χ1) is 12.2. The maximum Gasteiger partial charge on any atom is 0.268 e. The molecule has 1 aliphatic heterocycles. The van der Waals surface area contributed by atoms with Crippen LogP contribution in [0.3, 0.4) is 0 Å². The molecule has 0 radical (unpaired) electrons. The molecule has 0 spiro atoms. The molecule has 1 saturated heterocycles. The number of morpholine rings is 1. The summed E-state index contributed by atoms with van der Waals surface area (Å²) < 4.78 is 11.3. The number of nitriles is 1. The lowest BCUT2D eigenvalue weighted by molar-refractivity contribution is -0.143. The molecule has 6 heteroatoms. The van der Waals surface area contributed by atoms with Crippen molar-refractivity contribution in [2.24, 2.45) is 0 Å². The van der Waals surface area contributed by atoms with Crippen LogP contribution >= 0.6 is 11.6 Å². The summed E-state index contributed by atoms with van der Waals surface area (Å²) in [4.78, 5) is 14.7. The molecule has 2 aromatic rings. The highest BCUT2D eigenvalue weighted by molar-refractivity contribution is 6.32. The molecule has 25 heavy (non-hydrogen) atoms. The lowest BCUT2D eigenvalue weighted by atomic mass is 10.1. The van der Waals surface area contributed by atoms with Crippen LogP contribution in [0.15, 0.2) is 48.5 Å². The van der Waals surface area contributed by atoms with Crippen LogP contribution in [-0.4, -0.2) is 37.1 Å². The predicted molar refractivity (Wildman–Crippen MR) is 93.4 cm³/mol. The van der Waals surface area contributed by atoms with Gasteiger partial charge in [0.25, 0.3) is 5.91 Å². The quantitative estimate of drug-likeness (QED) is 0.844. The van der Waals surface area contributed by atoms with Crippen molar-refractivity contribution in [1.29, 1.82) is 5.26 Å². The standard InChI is InChI=1S/C19H17ClN2O3/c20-16-12-14(13-21)6-7-17(16)25-18(15-4-2-1-3-5-15)19(23)22-8-10-24-11-9-22/h1-7,12,18H,8-11H2. The van der Waals surface area contributed by atoms with Gasteiger partial charge in [0.05, 0.1) is 29.9 Å². The van der Waals surface area contributed by atoms with Gasteiger partial charge >= 0.3 is 0 Å². The maximum atomic E-state index is 13.0. The van der Waals surface area contributed by atoms with Crippen molar-refractivity contribution < 1.29 is 14.3 Å². The highest BCUT2D eigenvalue weighted by Gasteiger charge is 2.29. The molecule has 0 saturated carbocycles. The number of carbonyl (C=O) groups is 1. The van der Waals surface area contributed by atoms with Gasteiger partial charge in [-0.3, -0.25) is 4.79 Å².